The molecule has 0 radical (unpaired) electrons. The van der Waals surface area contributed by atoms with E-state index in [4.69, 9.17) is 11.6 Å². The molecule has 0 aliphatic heterocycles. The molecule has 0 saturated carbocycles. The second-order valence-electron chi connectivity index (χ2n) is 4.58. The van der Waals surface area contributed by atoms with E-state index in [0.717, 1.165) is 30.8 Å². The number of hydrogen-bond acceptors (Lipinski definition) is 4. The molecular formula is C15H18ClFN4. The number of anilines is 3. The van der Waals surface area contributed by atoms with Crippen LogP contribution in [0.2, 0.25) is 5.02 Å². The zero-order valence-corrected chi connectivity index (χ0v) is 12.8. The Labute approximate surface area is 128 Å². The van der Waals surface area contributed by atoms with Crippen molar-refractivity contribution in [2.24, 2.45) is 0 Å². The molecule has 2 aromatic rings. The molecule has 112 valence electrons. The molecule has 0 fully saturated rings. The molecule has 1 heterocycles. The van der Waals surface area contributed by atoms with Gasteiger partial charge in [0.1, 0.15) is 23.8 Å². The van der Waals surface area contributed by atoms with E-state index in [-0.39, 0.29) is 5.02 Å². The molecule has 0 spiro atoms. The summed E-state index contributed by atoms with van der Waals surface area (Å²) in [6.07, 6.45) is 3.27. The van der Waals surface area contributed by atoms with E-state index in [1.54, 1.807) is 6.07 Å². The molecule has 1 aromatic heterocycles. The first-order valence-corrected chi connectivity index (χ1v) is 7.33. The molecule has 0 unspecified atom stereocenters. The largest absolute Gasteiger partial charge is 0.370 e. The van der Waals surface area contributed by atoms with Crippen LogP contribution in [0.3, 0.4) is 0 Å². The summed E-state index contributed by atoms with van der Waals surface area (Å²) < 4.78 is 13.5. The summed E-state index contributed by atoms with van der Waals surface area (Å²) in [6.45, 7) is 4.97. The average molecular weight is 309 g/mol. The molecule has 0 bridgehead atoms. The Morgan fingerprint density at radius 3 is 2.62 bits per heavy atom. The molecule has 0 atom stereocenters. The number of nitrogens with one attached hydrogen (secondary N) is 2. The Morgan fingerprint density at radius 2 is 1.95 bits per heavy atom. The van der Waals surface area contributed by atoms with Crippen molar-refractivity contribution in [3.05, 3.63) is 40.9 Å². The highest BCUT2D eigenvalue weighted by molar-refractivity contribution is 6.30. The molecule has 0 aliphatic carbocycles. The average Bonchev–Trinajstić information content (AvgIpc) is 2.49. The lowest BCUT2D eigenvalue weighted by molar-refractivity contribution is 0.629. The van der Waals surface area contributed by atoms with Crippen molar-refractivity contribution in [3.63, 3.8) is 0 Å². The van der Waals surface area contributed by atoms with Crippen molar-refractivity contribution in [3.8, 4) is 0 Å². The van der Waals surface area contributed by atoms with Gasteiger partial charge in [0.05, 0.1) is 5.02 Å². The van der Waals surface area contributed by atoms with E-state index in [1.165, 1.54) is 18.5 Å². The van der Waals surface area contributed by atoms with Crippen LogP contribution >= 0.6 is 11.6 Å². The molecule has 0 amide bonds. The van der Waals surface area contributed by atoms with Crippen LogP contribution < -0.4 is 10.6 Å². The van der Waals surface area contributed by atoms with E-state index < -0.39 is 5.82 Å². The Morgan fingerprint density at radius 1 is 1.19 bits per heavy atom. The maximum atomic E-state index is 13.5. The van der Waals surface area contributed by atoms with Crippen molar-refractivity contribution in [1.29, 1.82) is 0 Å². The van der Waals surface area contributed by atoms with Gasteiger partial charge < -0.3 is 10.6 Å². The number of benzene rings is 1. The van der Waals surface area contributed by atoms with Gasteiger partial charge in [0.15, 0.2) is 0 Å². The molecule has 6 heteroatoms. The zero-order chi connectivity index (χ0) is 15.2. The van der Waals surface area contributed by atoms with Gasteiger partial charge in [-0.2, -0.15) is 0 Å². The summed E-state index contributed by atoms with van der Waals surface area (Å²) in [6, 6.07) is 4.58. The predicted octanol–water partition coefficient (Wildman–Crippen LogP) is 4.40. The minimum absolute atomic E-state index is 0.101. The highest BCUT2D eigenvalue weighted by atomic mass is 35.5. The summed E-state index contributed by atoms with van der Waals surface area (Å²) in [7, 11) is 0. The van der Waals surface area contributed by atoms with Crippen LogP contribution in [0.25, 0.3) is 0 Å². The minimum atomic E-state index is -0.460. The number of hydrogen-bond donors (Lipinski definition) is 2. The highest BCUT2D eigenvalue weighted by Gasteiger charge is 2.10. The lowest BCUT2D eigenvalue weighted by Gasteiger charge is -2.14. The molecule has 21 heavy (non-hydrogen) atoms. The minimum Gasteiger partial charge on any atom is -0.370 e. The normalized spacial score (nSPS) is 10.5. The summed E-state index contributed by atoms with van der Waals surface area (Å²) >= 11 is 5.69. The number of nitrogens with zero attached hydrogens (tertiary/aromatic N) is 2. The van der Waals surface area contributed by atoms with Crippen molar-refractivity contribution >= 4 is 28.9 Å². The van der Waals surface area contributed by atoms with E-state index in [2.05, 4.69) is 27.5 Å². The first-order valence-electron chi connectivity index (χ1n) is 6.95. The predicted molar refractivity (Wildman–Crippen MR) is 84.9 cm³/mol. The third-order valence-electron chi connectivity index (χ3n) is 3.02. The Kier molecular flexibility index (Phi) is 5.33. The molecular weight excluding hydrogens is 291 g/mol. The van der Waals surface area contributed by atoms with Crippen molar-refractivity contribution in [1.82, 2.24) is 9.97 Å². The first-order chi connectivity index (χ1) is 10.2. The fraction of sp³-hybridized carbons (Fsp3) is 0.333. The van der Waals surface area contributed by atoms with Gasteiger partial charge in [0.25, 0.3) is 0 Å². The van der Waals surface area contributed by atoms with Gasteiger partial charge in [-0.15, -0.1) is 0 Å². The monoisotopic (exact) mass is 308 g/mol. The fourth-order valence-electron chi connectivity index (χ4n) is 1.96. The van der Waals surface area contributed by atoms with Crippen molar-refractivity contribution < 1.29 is 4.39 Å². The Bertz CT molecular complexity index is 619. The van der Waals surface area contributed by atoms with Gasteiger partial charge in [-0.3, -0.25) is 0 Å². The van der Waals surface area contributed by atoms with Crippen LogP contribution in [0.4, 0.5) is 21.7 Å². The molecule has 0 aliphatic rings. The summed E-state index contributed by atoms with van der Waals surface area (Å²) in [5, 5.41) is 6.49. The molecule has 1 aromatic carbocycles. The van der Waals surface area contributed by atoms with Crippen LogP contribution in [-0.4, -0.2) is 16.5 Å². The quantitative estimate of drug-likeness (QED) is 0.830. The van der Waals surface area contributed by atoms with E-state index in [1.807, 2.05) is 6.92 Å². The molecule has 4 nitrogen and oxygen atoms in total. The number of rotatable bonds is 6. The number of aromatic nitrogens is 2. The smallest absolute Gasteiger partial charge is 0.143 e. The molecule has 2 rings (SSSR count). The zero-order valence-electron chi connectivity index (χ0n) is 12.1. The van der Waals surface area contributed by atoms with Gasteiger partial charge in [0, 0.05) is 17.8 Å². The van der Waals surface area contributed by atoms with Crippen LogP contribution in [-0.2, 0) is 6.42 Å². The lowest BCUT2D eigenvalue weighted by Crippen LogP contribution is -2.08. The number of halogens is 2. The van der Waals surface area contributed by atoms with Gasteiger partial charge >= 0.3 is 0 Å². The standard InChI is InChI=1S/C15H18ClFN4/c1-3-7-18-14-11(4-2)15(20-9-19-14)21-10-5-6-12(16)13(17)8-10/h5-6,8-9H,3-4,7H2,1-2H3,(H2,18,19,20,21). The first kappa shape index (κ1) is 15.5. The summed E-state index contributed by atoms with van der Waals surface area (Å²) in [4.78, 5) is 8.51. The van der Waals surface area contributed by atoms with Gasteiger partial charge in [0.2, 0.25) is 0 Å². The molecule has 0 saturated heterocycles. The Hall–Kier alpha value is -1.88. The second kappa shape index (κ2) is 7.22. The maximum Gasteiger partial charge on any atom is 0.143 e. The highest BCUT2D eigenvalue weighted by Crippen LogP contribution is 2.26. The van der Waals surface area contributed by atoms with Crippen LogP contribution in [0.15, 0.2) is 24.5 Å². The third-order valence-corrected chi connectivity index (χ3v) is 3.33. The van der Waals surface area contributed by atoms with Crippen LogP contribution in [0.5, 0.6) is 0 Å². The second-order valence-corrected chi connectivity index (χ2v) is 4.99. The van der Waals surface area contributed by atoms with Crippen molar-refractivity contribution in [2.75, 3.05) is 17.2 Å². The van der Waals surface area contributed by atoms with E-state index in [0.29, 0.717) is 11.5 Å². The van der Waals surface area contributed by atoms with Crippen LogP contribution in [0, 0.1) is 5.82 Å². The lowest BCUT2D eigenvalue weighted by atomic mass is 10.2. The third kappa shape index (κ3) is 3.82. The topological polar surface area (TPSA) is 49.8 Å². The SMILES string of the molecule is CCCNc1ncnc(Nc2ccc(Cl)c(F)c2)c1CC. The Balaban J connectivity index is 2.28. The fourth-order valence-corrected chi connectivity index (χ4v) is 2.08. The van der Waals surface area contributed by atoms with Crippen molar-refractivity contribution in [2.45, 2.75) is 26.7 Å². The summed E-state index contributed by atoms with van der Waals surface area (Å²) in [5.74, 6) is 1.03. The van der Waals surface area contributed by atoms with Crippen LogP contribution in [0.1, 0.15) is 25.8 Å². The van der Waals surface area contributed by atoms with Gasteiger partial charge in [-0.05, 0) is 31.0 Å². The molecule has 2 N–H and O–H groups in total. The van der Waals surface area contributed by atoms with E-state index in [9.17, 15) is 4.39 Å². The van der Waals surface area contributed by atoms with E-state index >= 15 is 0 Å². The summed E-state index contributed by atoms with van der Waals surface area (Å²) in [5.41, 5.74) is 1.58. The maximum absolute atomic E-state index is 13.5. The van der Waals surface area contributed by atoms with Gasteiger partial charge in [-0.1, -0.05) is 25.4 Å². The van der Waals surface area contributed by atoms with Gasteiger partial charge in [-0.25, -0.2) is 14.4 Å².